The SMILES string of the molecule is N#C/C(=C\c1cc(Cl)c(OCc2ccccc2Cl)c(Cl)c1)C(=O)Nc1cccc2ccccc12. The number of anilines is 1. The molecule has 0 fully saturated rings. The second-order valence-electron chi connectivity index (χ2n) is 7.34. The number of carbonyl (C=O) groups excluding carboxylic acids is 1. The summed E-state index contributed by atoms with van der Waals surface area (Å²) in [4.78, 5) is 12.8. The van der Waals surface area contributed by atoms with Gasteiger partial charge in [-0.05, 0) is 41.3 Å². The fraction of sp³-hybridized carbons (Fsp3) is 0.0370. The quantitative estimate of drug-likeness (QED) is 0.213. The Bertz CT molecular complexity index is 1430. The Morgan fingerprint density at radius 1 is 0.912 bits per heavy atom. The number of carbonyl (C=O) groups is 1. The van der Waals surface area contributed by atoms with Crippen LogP contribution < -0.4 is 10.1 Å². The number of nitrogens with zero attached hydrogens (tertiary/aromatic N) is 1. The van der Waals surface area contributed by atoms with E-state index >= 15 is 0 Å². The number of hydrogen-bond donors (Lipinski definition) is 1. The lowest BCUT2D eigenvalue weighted by molar-refractivity contribution is -0.112. The molecule has 0 bridgehead atoms. The maximum atomic E-state index is 12.8. The second-order valence-corrected chi connectivity index (χ2v) is 8.57. The van der Waals surface area contributed by atoms with Crippen molar-refractivity contribution in [1.82, 2.24) is 0 Å². The Morgan fingerprint density at radius 2 is 1.59 bits per heavy atom. The zero-order valence-corrected chi connectivity index (χ0v) is 20.0. The van der Waals surface area contributed by atoms with Gasteiger partial charge in [0.1, 0.15) is 18.2 Å². The highest BCUT2D eigenvalue weighted by Gasteiger charge is 2.14. The molecule has 34 heavy (non-hydrogen) atoms. The standard InChI is InChI=1S/C27H17Cl3N2O2/c28-22-10-4-2-7-19(22)16-34-26-23(29)13-17(14-24(26)30)12-20(15-31)27(33)32-25-11-5-8-18-6-1-3-9-21(18)25/h1-14H,16H2,(H,32,33)/b20-12+. The maximum Gasteiger partial charge on any atom is 0.266 e. The normalized spacial score (nSPS) is 11.2. The number of nitriles is 1. The van der Waals surface area contributed by atoms with Crippen molar-refractivity contribution in [3.8, 4) is 11.8 Å². The van der Waals surface area contributed by atoms with Crippen molar-refractivity contribution in [2.24, 2.45) is 0 Å². The van der Waals surface area contributed by atoms with Crippen molar-refractivity contribution in [3.05, 3.63) is 111 Å². The van der Waals surface area contributed by atoms with E-state index in [1.165, 1.54) is 6.08 Å². The van der Waals surface area contributed by atoms with Crippen LogP contribution >= 0.6 is 34.8 Å². The van der Waals surface area contributed by atoms with E-state index in [0.717, 1.165) is 16.3 Å². The average Bonchev–Trinajstić information content (AvgIpc) is 2.83. The van der Waals surface area contributed by atoms with Crippen LogP contribution in [0.25, 0.3) is 16.8 Å². The first kappa shape index (κ1) is 23.7. The number of rotatable bonds is 6. The summed E-state index contributed by atoms with van der Waals surface area (Å²) in [6, 6.07) is 25.6. The first-order valence-electron chi connectivity index (χ1n) is 10.2. The predicted molar refractivity (Wildman–Crippen MR) is 138 cm³/mol. The molecule has 4 nitrogen and oxygen atoms in total. The molecule has 0 saturated heterocycles. The van der Waals surface area contributed by atoms with Crippen LogP contribution in [0.2, 0.25) is 15.1 Å². The van der Waals surface area contributed by atoms with Crippen LogP contribution in [0.5, 0.6) is 5.75 Å². The monoisotopic (exact) mass is 506 g/mol. The van der Waals surface area contributed by atoms with E-state index in [0.29, 0.717) is 22.0 Å². The van der Waals surface area contributed by atoms with Gasteiger partial charge >= 0.3 is 0 Å². The number of ether oxygens (including phenoxy) is 1. The highest BCUT2D eigenvalue weighted by Crippen LogP contribution is 2.36. The van der Waals surface area contributed by atoms with Gasteiger partial charge in [-0.1, -0.05) is 89.4 Å². The molecule has 0 aromatic heterocycles. The van der Waals surface area contributed by atoms with Gasteiger partial charge in [0.15, 0.2) is 5.75 Å². The largest absolute Gasteiger partial charge is 0.486 e. The molecule has 0 aliphatic carbocycles. The van der Waals surface area contributed by atoms with Gasteiger partial charge < -0.3 is 10.1 Å². The Balaban J connectivity index is 1.55. The van der Waals surface area contributed by atoms with Gasteiger partial charge in [-0.15, -0.1) is 0 Å². The number of nitrogens with one attached hydrogen (secondary N) is 1. The van der Waals surface area contributed by atoms with Crippen molar-refractivity contribution in [1.29, 1.82) is 5.26 Å². The van der Waals surface area contributed by atoms with E-state index in [2.05, 4.69) is 5.32 Å². The van der Waals surface area contributed by atoms with Gasteiger partial charge in [0.2, 0.25) is 0 Å². The number of amides is 1. The minimum absolute atomic E-state index is 0.0928. The molecule has 4 aromatic rings. The number of halogens is 3. The van der Waals surface area contributed by atoms with Crippen LogP contribution in [0.15, 0.2) is 84.4 Å². The lowest BCUT2D eigenvalue weighted by Gasteiger charge is -2.12. The van der Waals surface area contributed by atoms with Crippen molar-refractivity contribution >= 4 is 63.2 Å². The van der Waals surface area contributed by atoms with Crippen LogP contribution in [-0.4, -0.2) is 5.91 Å². The fourth-order valence-corrected chi connectivity index (χ4v) is 4.21. The molecule has 1 N–H and O–H groups in total. The molecule has 168 valence electrons. The third kappa shape index (κ3) is 5.35. The molecule has 4 aromatic carbocycles. The molecular formula is C27H17Cl3N2O2. The molecule has 0 radical (unpaired) electrons. The molecule has 7 heteroatoms. The Morgan fingerprint density at radius 3 is 2.32 bits per heavy atom. The first-order valence-corrected chi connectivity index (χ1v) is 11.4. The highest BCUT2D eigenvalue weighted by atomic mass is 35.5. The van der Waals surface area contributed by atoms with E-state index < -0.39 is 5.91 Å². The zero-order chi connectivity index (χ0) is 24.1. The van der Waals surface area contributed by atoms with Crippen LogP contribution in [0.4, 0.5) is 5.69 Å². The predicted octanol–water partition coefficient (Wildman–Crippen LogP) is 7.92. The number of hydrogen-bond acceptors (Lipinski definition) is 3. The van der Waals surface area contributed by atoms with Gasteiger partial charge in [0, 0.05) is 21.7 Å². The van der Waals surface area contributed by atoms with Crippen molar-refractivity contribution in [2.75, 3.05) is 5.32 Å². The highest BCUT2D eigenvalue weighted by molar-refractivity contribution is 6.37. The van der Waals surface area contributed by atoms with Gasteiger partial charge in [0.05, 0.1) is 10.0 Å². The van der Waals surface area contributed by atoms with E-state index in [9.17, 15) is 10.1 Å². The first-order chi connectivity index (χ1) is 16.5. The summed E-state index contributed by atoms with van der Waals surface area (Å²) in [5.74, 6) is -0.246. The minimum Gasteiger partial charge on any atom is -0.486 e. The Labute approximate surface area is 211 Å². The number of benzene rings is 4. The minimum atomic E-state index is -0.537. The summed E-state index contributed by atoms with van der Waals surface area (Å²) in [5, 5.41) is 15.3. The molecule has 0 spiro atoms. The van der Waals surface area contributed by atoms with Crippen LogP contribution in [0.3, 0.4) is 0 Å². The van der Waals surface area contributed by atoms with Crippen molar-refractivity contribution in [3.63, 3.8) is 0 Å². The molecule has 1 amide bonds. The molecule has 0 aliphatic rings. The van der Waals surface area contributed by atoms with Gasteiger partial charge in [-0.2, -0.15) is 5.26 Å². The van der Waals surface area contributed by atoms with Crippen molar-refractivity contribution < 1.29 is 9.53 Å². The van der Waals surface area contributed by atoms with Gasteiger partial charge in [-0.3, -0.25) is 4.79 Å². The lowest BCUT2D eigenvalue weighted by Crippen LogP contribution is -2.13. The van der Waals surface area contributed by atoms with E-state index in [4.69, 9.17) is 39.5 Å². The molecule has 0 saturated carbocycles. The summed E-state index contributed by atoms with van der Waals surface area (Å²) < 4.78 is 5.77. The smallest absolute Gasteiger partial charge is 0.266 e. The third-order valence-corrected chi connectivity index (χ3v) is 5.99. The Hall–Kier alpha value is -3.49. The summed E-state index contributed by atoms with van der Waals surface area (Å²) in [6.45, 7) is 0.186. The van der Waals surface area contributed by atoms with Crippen molar-refractivity contribution in [2.45, 2.75) is 6.61 Å². The fourth-order valence-electron chi connectivity index (χ4n) is 3.41. The van der Waals surface area contributed by atoms with Gasteiger partial charge in [-0.25, -0.2) is 0 Å². The molecule has 4 rings (SSSR count). The van der Waals surface area contributed by atoms with Crippen LogP contribution in [0, 0.1) is 11.3 Å². The topological polar surface area (TPSA) is 62.1 Å². The maximum absolute atomic E-state index is 12.8. The van der Waals surface area contributed by atoms with E-state index in [1.54, 1.807) is 24.3 Å². The van der Waals surface area contributed by atoms with Crippen LogP contribution in [-0.2, 0) is 11.4 Å². The summed E-state index contributed by atoms with van der Waals surface area (Å²) >= 11 is 18.9. The second kappa shape index (κ2) is 10.6. The molecule has 0 heterocycles. The lowest BCUT2D eigenvalue weighted by atomic mass is 10.1. The van der Waals surface area contributed by atoms with Gasteiger partial charge in [0.25, 0.3) is 5.91 Å². The number of fused-ring (bicyclic) bond motifs is 1. The summed E-state index contributed by atoms with van der Waals surface area (Å²) in [7, 11) is 0. The molecule has 0 unspecified atom stereocenters. The molecule has 0 atom stereocenters. The van der Waals surface area contributed by atoms with E-state index in [1.807, 2.05) is 60.7 Å². The zero-order valence-electron chi connectivity index (χ0n) is 17.7. The Kier molecular flexibility index (Phi) is 7.40. The summed E-state index contributed by atoms with van der Waals surface area (Å²) in [5.41, 5.74) is 1.80. The summed E-state index contributed by atoms with van der Waals surface area (Å²) in [6.07, 6.45) is 1.43. The molecule has 0 aliphatic heterocycles. The van der Waals surface area contributed by atoms with Crippen LogP contribution in [0.1, 0.15) is 11.1 Å². The molecular weight excluding hydrogens is 491 g/mol. The van der Waals surface area contributed by atoms with E-state index in [-0.39, 0.29) is 22.2 Å². The average molecular weight is 508 g/mol. The third-order valence-electron chi connectivity index (χ3n) is 5.06.